The minimum Gasteiger partial charge on any atom is -0.478 e. The van der Waals surface area contributed by atoms with E-state index in [-0.39, 0.29) is 18.1 Å². The fourth-order valence-electron chi connectivity index (χ4n) is 3.38. The number of hydrogen-bond donors (Lipinski definition) is 1. The lowest BCUT2D eigenvalue weighted by Gasteiger charge is -2.20. The summed E-state index contributed by atoms with van der Waals surface area (Å²) in [5.41, 5.74) is 1.71. The molecule has 1 aromatic carbocycles. The van der Waals surface area contributed by atoms with Crippen molar-refractivity contribution in [1.82, 2.24) is 4.98 Å². The fourth-order valence-corrected chi connectivity index (χ4v) is 4.07. The number of aliphatic carboxylic acids is 1. The third kappa shape index (κ3) is 4.44. The summed E-state index contributed by atoms with van der Waals surface area (Å²) in [7, 11) is 0. The highest BCUT2D eigenvalue weighted by atomic mass is 32.1. The lowest BCUT2D eigenvalue weighted by atomic mass is 10.0. The number of ether oxygens (including phenoxy) is 3. The lowest BCUT2D eigenvalue weighted by Crippen LogP contribution is -2.21. The second kappa shape index (κ2) is 8.47. The van der Waals surface area contributed by atoms with Crippen molar-refractivity contribution in [1.29, 1.82) is 5.26 Å². The van der Waals surface area contributed by atoms with Crippen LogP contribution in [0.2, 0.25) is 0 Å². The molecule has 1 N–H and O–H groups in total. The largest absolute Gasteiger partial charge is 0.478 e. The van der Waals surface area contributed by atoms with E-state index in [2.05, 4.69) is 11.1 Å². The van der Waals surface area contributed by atoms with Gasteiger partial charge in [0.15, 0.2) is 5.79 Å². The molecule has 1 fully saturated rings. The zero-order chi connectivity index (χ0) is 22.0. The number of benzene rings is 1. The van der Waals surface area contributed by atoms with Gasteiger partial charge in [-0.2, -0.15) is 5.26 Å². The van der Waals surface area contributed by atoms with Gasteiger partial charge in [0.1, 0.15) is 17.7 Å². The van der Waals surface area contributed by atoms with Crippen LogP contribution in [0.15, 0.2) is 53.9 Å². The molecule has 4 rings (SSSR count). The molecule has 0 spiro atoms. The van der Waals surface area contributed by atoms with Crippen LogP contribution < -0.4 is 4.74 Å². The van der Waals surface area contributed by atoms with Gasteiger partial charge in [-0.1, -0.05) is 36.4 Å². The summed E-state index contributed by atoms with van der Waals surface area (Å²) in [6, 6.07) is 16.3. The Labute approximate surface area is 183 Å². The summed E-state index contributed by atoms with van der Waals surface area (Å²) >= 11 is 1.48. The van der Waals surface area contributed by atoms with Crippen LogP contribution in [-0.4, -0.2) is 28.5 Å². The van der Waals surface area contributed by atoms with Crippen molar-refractivity contribution in [2.75, 3.05) is 6.61 Å². The van der Waals surface area contributed by atoms with Gasteiger partial charge in [0.2, 0.25) is 12.0 Å². The van der Waals surface area contributed by atoms with Crippen LogP contribution in [0, 0.1) is 11.3 Å². The van der Waals surface area contributed by atoms with Crippen LogP contribution in [0.5, 0.6) is 5.88 Å². The number of rotatable bonds is 6. The van der Waals surface area contributed by atoms with Crippen molar-refractivity contribution in [3.63, 3.8) is 0 Å². The maximum Gasteiger partial charge on any atom is 0.349 e. The first-order valence-corrected chi connectivity index (χ1v) is 10.5. The molecule has 1 aliphatic rings. The Kier molecular flexibility index (Phi) is 5.74. The molecule has 0 bridgehead atoms. The van der Waals surface area contributed by atoms with Gasteiger partial charge >= 0.3 is 5.97 Å². The van der Waals surface area contributed by atoms with Gasteiger partial charge in [-0.15, -0.1) is 11.3 Å². The molecule has 0 radical (unpaired) electrons. The van der Waals surface area contributed by atoms with Crippen LogP contribution in [0.4, 0.5) is 0 Å². The first-order chi connectivity index (χ1) is 14.9. The number of nitriles is 1. The molecule has 7 nitrogen and oxygen atoms in total. The van der Waals surface area contributed by atoms with Crippen molar-refractivity contribution in [2.45, 2.75) is 31.8 Å². The number of carbonyl (C=O) groups is 1. The number of aromatic nitrogens is 1. The number of carboxylic acids is 1. The second-order valence-electron chi connectivity index (χ2n) is 7.43. The Morgan fingerprint density at radius 2 is 2.10 bits per heavy atom. The topological polar surface area (TPSA) is 102 Å². The number of carboxylic acid groups (broad SMARTS) is 1. The normalized spacial score (nSPS) is 18.3. The molecule has 0 amide bonds. The van der Waals surface area contributed by atoms with Gasteiger partial charge in [0, 0.05) is 11.1 Å². The summed E-state index contributed by atoms with van der Waals surface area (Å²) in [4.78, 5) is 17.3. The van der Waals surface area contributed by atoms with Gasteiger partial charge in [0.05, 0.1) is 17.2 Å². The smallest absolute Gasteiger partial charge is 0.349 e. The highest BCUT2D eigenvalue weighted by Crippen LogP contribution is 2.39. The van der Waals surface area contributed by atoms with Crippen molar-refractivity contribution >= 4 is 17.3 Å². The molecule has 158 valence electrons. The van der Waals surface area contributed by atoms with Crippen LogP contribution in [0.25, 0.3) is 10.6 Å². The monoisotopic (exact) mass is 436 g/mol. The van der Waals surface area contributed by atoms with E-state index in [1.165, 1.54) is 11.3 Å². The summed E-state index contributed by atoms with van der Waals surface area (Å²) in [6.07, 6.45) is -1.82. The van der Waals surface area contributed by atoms with Gasteiger partial charge < -0.3 is 19.3 Å². The molecule has 1 saturated heterocycles. The Morgan fingerprint density at radius 3 is 2.68 bits per heavy atom. The number of pyridine rings is 1. The molecular weight excluding hydrogens is 416 g/mol. The van der Waals surface area contributed by atoms with Crippen LogP contribution in [-0.2, 0) is 14.3 Å². The Hall–Kier alpha value is -3.25. The molecule has 8 heteroatoms. The van der Waals surface area contributed by atoms with E-state index in [0.29, 0.717) is 16.8 Å². The third-order valence-corrected chi connectivity index (χ3v) is 5.71. The maximum atomic E-state index is 12.0. The molecule has 0 saturated carbocycles. The van der Waals surface area contributed by atoms with Crippen LogP contribution in [0.1, 0.15) is 42.7 Å². The molecule has 1 aliphatic heterocycles. The lowest BCUT2D eigenvalue weighted by molar-refractivity contribution is -0.145. The summed E-state index contributed by atoms with van der Waals surface area (Å²) in [5, 5.41) is 21.6. The average molecular weight is 436 g/mol. The van der Waals surface area contributed by atoms with E-state index in [1.807, 2.05) is 17.5 Å². The standard InChI is InChI=1S/C23H20N2O5S/c1-23(2)28-13-18(30-23)15-11-17(19-9-6-10-31-19)25-21(16(15)12-24)29-20(22(26)27)14-7-4-3-5-8-14/h3-11,18,20H,13H2,1-2H3,(H,26,27). The highest BCUT2D eigenvalue weighted by molar-refractivity contribution is 7.13. The van der Waals surface area contributed by atoms with E-state index >= 15 is 0 Å². The third-order valence-electron chi connectivity index (χ3n) is 4.81. The fraction of sp³-hybridized carbons (Fsp3) is 0.261. The molecule has 3 aromatic rings. The summed E-state index contributed by atoms with van der Waals surface area (Å²) < 4.78 is 17.5. The Bertz CT molecular complexity index is 1120. The Morgan fingerprint density at radius 1 is 1.32 bits per heavy atom. The van der Waals surface area contributed by atoms with Gasteiger partial charge in [0.25, 0.3) is 0 Å². The maximum absolute atomic E-state index is 12.0. The minimum atomic E-state index is -1.32. The molecule has 2 unspecified atom stereocenters. The summed E-state index contributed by atoms with van der Waals surface area (Å²) in [5.74, 6) is -2.02. The van der Waals surface area contributed by atoms with E-state index < -0.39 is 24.0 Å². The van der Waals surface area contributed by atoms with E-state index in [9.17, 15) is 15.2 Å². The average Bonchev–Trinajstić information content (AvgIpc) is 3.41. The molecule has 2 atom stereocenters. The van der Waals surface area contributed by atoms with Crippen molar-refractivity contribution in [3.05, 3.63) is 70.6 Å². The van der Waals surface area contributed by atoms with Crippen molar-refractivity contribution < 1.29 is 24.1 Å². The summed E-state index contributed by atoms with van der Waals surface area (Å²) in [6.45, 7) is 3.86. The minimum absolute atomic E-state index is 0.0482. The van der Waals surface area contributed by atoms with E-state index in [4.69, 9.17) is 14.2 Å². The number of nitrogens with zero attached hydrogens (tertiary/aromatic N) is 2. The quantitative estimate of drug-likeness (QED) is 0.597. The Balaban J connectivity index is 1.82. The van der Waals surface area contributed by atoms with Gasteiger partial charge in [-0.3, -0.25) is 0 Å². The van der Waals surface area contributed by atoms with Gasteiger partial charge in [-0.05, 0) is 31.4 Å². The van der Waals surface area contributed by atoms with E-state index in [1.54, 1.807) is 50.2 Å². The number of hydrogen-bond acceptors (Lipinski definition) is 7. The zero-order valence-corrected chi connectivity index (χ0v) is 17.8. The molecule has 0 aliphatic carbocycles. The van der Waals surface area contributed by atoms with Gasteiger partial charge in [-0.25, -0.2) is 9.78 Å². The van der Waals surface area contributed by atoms with Crippen molar-refractivity contribution in [3.8, 4) is 22.5 Å². The predicted octanol–water partition coefficient (Wildman–Crippen LogP) is 4.71. The highest BCUT2D eigenvalue weighted by Gasteiger charge is 2.36. The SMILES string of the molecule is CC1(C)OCC(c2cc(-c3cccs3)nc(OC(C(=O)O)c3ccccc3)c2C#N)O1. The first-order valence-electron chi connectivity index (χ1n) is 9.63. The second-order valence-corrected chi connectivity index (χ2v) is 8.38. The first kappa shape index (κ1) is 21.0. The predicted molar refractivity (Wildman–Crippen MR) is 114 cm³/mol. The van der Waals surface area contributed by atoms with Crippen LogP contribution >= 0.6 is 11.3 Å². The molecular formula is C23H20N2O5S. The van der Waals surface area contributed by atoms with E-state index in [0.717, 1.165) is 4.88 Å². The number of thiophene rings is 1. The zero-order valence-electron chi connectivity index (χ0n) is 16.9. The molecule has 3 heterocycles. The van der Waals surface area contributed by atoms with Crippen LogP contribution in [0.3, 0.4) is 0 Å². The molecule has 31 heavy (non-hydrogen) atoms. The van der Waals surface area contributed by atoms with Crippen molar-refractivity contribution in [2.24, 2.45) is 0 Å². The molecule has 2 aromatic heterocycles.